The SMILES string of the molecule is N#Cc1cccc(-c2cccc(-n3c4ccccc4c4cc5oc6ccccc6c5cc43)c2)n1. The van der Waals surface area contributed by atoms with E-state index in [4.69, 9.17) is 4.42 Å². The number of rotatable bonds is 2. The zero-order valence-corrected chi connectivity index (χ0v) is 18.1. The van der Waals surface area contributed by atoms with Gasteiger partial charge in [-0.2, -0.15) is 5.26 Å². The van der Waals surface area contributed by atoms with E-state index in [1.165, 1.54) is 5.39 Å². The van der Waals surface area contributed by atoms with Crippen molar-refractivity contribution < 1.29 is 4.42 Å². The van der Waals surface area contributed by atoms with E-state index < -0.39 is 0 Å². The van der Waals surface area contributed by atoms with Crippen LogP contribution in [0.2, 0.25) is 0 Å². The van der Waals surface area contributed by atoms with E-state index in [-0.39, 0.29) is 0 Å². The minimum Gasteiger partial charge on any atom is -0.456 e. The first-order valence-electron chi connectivity index (χ1n) is 11.1. The van der Waals surface area contributed by atoms with Crippen LogP contribution >= 0.6 is 0 Å². The Morgan fingerprint density at radius 2 is 1.47 bits per heavy atom. The third-order valence-electron chi connectivity index (χ3n) is 6.43. The maximum atomic E-state index is 9.27. The van der Waals surface area contributed by atoms with Crippen LogP contribution in [0.1, 0.15) is 5.69 Å². The van der Waals surface area contributed by atoms with Gasteiger partial charge in [0.15, 0.2) is 0 Å². The molecule has 0 unspecified atom stereocenters. The molecule has 0 bridgehead atoms. The van der Waals surface area contributed by atoms with Gasteiger partial charge in [0, 0.05) is 32.8 Å². The van der Waals surface area contributed by atoms with Crippen LogP contribution in [0.25, 0.3) is 60.7 Å². The number of aromatic nitrogens is 2. The van der Waals surface area contributed by atoms with Gasteiger partial charge in [0.2, 0.25) is 0 Å². The highest BCUT2D eigenvalue weighted by molar-refractivity contribution is 6.17. The summed E-state index contributed by atoms with van der Waals surface area (Å²) in [6, 6.07) is 37.0. The first kappa shape index (κ1) is 18.7. The topological polar surface area (TPSA) is 54.8 Å². The smallest absolute Gasteiger partial charge is 0.141 e. The maximum absolute atomic E-state index is 9.27. The second-order valence-electron chi connectivity index (χ2n) is 8.39. The molecule has 0 radical (unpaired) electrons. The number of nitriles is 1. The van der Waals surface area contributed by atoms with Crippen molar-refractivity contribution >= 4 is 43.7 Å². The molecule has 34 heavy (non-hydrogen) atoms. The Hall–Kier alpha value is -4.88. The predicted molar refractivity (Wildman–Crippen MR) is 136 cm³/mol. The van der Waals surface area contributed by atoms with E-state index in [0.29, 0.717) is 5.69 Å². The van der Waals surface area contributed by atoms with Crippen LogP contribution < -0.4 is 0 Å². The molecule has 0 fully saturated rings. The summed E-state index contributed by atoms with van der Waals surface area (Å²) in [5, 5.41) is 13.8. The van der Waals surface area contributed by atoms with E-state index in [0.717, 1.165) is 55.3 Å². The number of para-hydroxylation sites is 2. The molecule has 4 heteroatoms. The van der Waals surface area contributed by atoms with Gasteiger partial charge in [0.25, 0.3) is 0 Å². The zero-order chi connectivity index (χ0) is 22.6. The summed E-state index contributed by atoms with van der Waals surface area (Å²) in [6.07, 6.45) is 0. The molecule has 7 rings (SSSR count). The summed E-state index contributed by atoms with van der Waals surface area (Å²) in [7, 11) is 0. The summed E-state index contributed by atoms with van der Waals surface area (Å²) in [6.45, 7) is 0. The number of fused-ring (bicyclic) bond motifs is 6. The van der Waals surface area contributed by atoms with E-state index in [1.807, 2.05) is 42.5 Å². The van der Waals surface area contributed by atoms with Gasteiger partial charge >= 0.3 is 0 Å². The second kappa shape index (κ2) is 7.06. The highest BCUT2D eigenvalue weighted by Gasteiger charge is 2.16. The van der Waals surface area contributed by atoms with Gasteiger partial charge in [-0.15, -0.1) is 0 Å². The standard InChI is InChI=1S/C30H17N3O/c31-18-20-8-6-12-26(32-20)19-7-5-9-21(15-19)33-27-13-3-1-10-22(27)24-17-30-25(16-28(24)33)23-11-2-4-14-29(23)34-30/h1-17H. The highest BCUT2D eigenvalue weighted by Crippen LogP contribution is 2.38. The molecule has 0 N–H and O–H groups in total. The van der Waals surface area contributed by atoms with Gasteiger partial charge in [-0.05, 0) is 48.5 Å². The fraction of sp³-hybridized carbons (Fsp3) is 0. The summed E-state index contributed by atoms with van der Waals surface area (Å²) in [4.78, 5) is 4.49. The van der Waals surface area contributed by atoms with Crippen molar-refractivity contribution in [3.05, 3.63) is 109 Å². The number of furan rings is 1. The lowest BCUT2D eigenvalue weighted by Gasteiger charge is -2.10. The number of pyridine rings is 1. The number of hydrogen-bond acceptors (Lipinski definition) is 3. The first-order chi connectivity index (χ1) is 16.8. The molecule has 3 heterocycles. The fourth-order valence-corrected chi connectivity index (χ4v) is 4.93. The van der Waals surface area contributed by atoms with Crippen molar-refractivity contribution in [2.45, 2.75) is 0 Å². The normalized spacial score (nSPS) is 11.5. The van der Waals surface area contributed by atoms with Crippen LogP contribution in [0.3, 0.4) is 0 Å². The second-order valence-corrected chi connectivity index (χ2v) is 8.39. The van der Waals surface area contributed by atoms with Gasteiger partial charge in [-0.3, -0.25) is 0 Å². The molecule has 0 aliphatic rings. The summed E-state index contributed by atoms with van der Waals surface area (Å²) in [5.74, 6) is 0. The molecule has 0 saturated carbocycles. The van der Waals surface area contributed by atoms with Gasteiger partial charge in [-0.25, -0.2) is 4.98 Å². The molecule has 158 valence electrons. The Kier molecular flexibility index (Phi) is 3.88. The molecular formula is C30H17N3O. The summed E-state index contributed by atoms with van der Waals surface area (Å²) >= 11 is 0. The van der Waals surface area contributed by atoms with Crippen molar-refractivity contribution in [2.24, 2.45) is 0 Å². The molecule has 0 atom stereocenters. The fourth-order valence-electron chi connectivity index (χ4n) is 4.93. The Bertz CT molecular complexity index is 1930. The molecule has 0 saturated heterocycles. The van der Waals surface area contributed by atoms with Crippen molar-refractivity contribution in [1.29, 1.82) is 5.26 Å². The van der Waals surface area contributed by atoms with Gasteiger partial charge in [0.1, 0.15) is 22.9 Å². The quantitative estimate of drug-likeness (QED) is 0.281. The number of nitrogens with zero attached hydrogens (tertiary/aromatic N) is 3. The lowest BCUT2D eigenvalue weighted by atomic mass is 10.1. The summed E-state index contributed by atoms with van der Waals surface area (Å²) < 4.78 is 8.47. The molecule has 0 amide bonds. The molecule has 0 aliphatic carbocycles. The van der Waals surface area contributed by atoms with Crippen LogP contribution in [-0.2, 0) is 0 Å². The maximum Gasteiger partial charge on any atom is 0.141 e. The monoisotopic (exact) mass is 435 g/mol. The third kappa shape index (κ3) is 2.68. The highest BCUT2D eigenvalue weighted by atomic mass is 16.3. The van der Waals surface area contributed by atoms with E-state index in [1.54, 1.807) is 6.07 Å². The molecule has 3 aromatic heterocycles. The molecular weight excluding hydrogens is 418 g/mol. The Balaban J connectivity index is 1.55. The van der Waals surface area contributed by atoms with Gasteiger partial charge in [-0.1, -0.05) is 54.6 Å². The van der Waals surface area contributed by atoms with Crippen LogP contribution in [0.15, 0.2) is 108 Å². The molecule has 0 spiro atoms. The van der Waals surface area contributed by atoms with Crippen molar-refractivity contribution in [2.75, 3.05) is 0 Å². The Morgan fingerprint density at radius 3 is 2.38 bits per heavy atom. The van der Waals surface area contributed by atoms with E-state index in [2.05, 4.69) is 70.2 Å². The average Bonchev–Trinajstić information content (AvgIpc) is 3.42. The largest absolute Gasteiger partial charge is 0.456 e. The van der Waals surface area contributed by atoms with Crippen molar-refractivity contribution in [1.82, 2.24) is 9.55 Å². The van der Waals surface area contributed by atoms with Crippen LogP contribution in [0.4, 0.5) is 0 Å². The first-order valence-corrected chi connectivity index (χ1v) is 11.1. The molecule has 4 nitrogen and oxygen atoms in total. The van der Waals surface area contributed by atoms with Crippen LogP contribution in [-0.4, -0.2) is 9.55 Å². The van der Waals surface area contributed by atoms with Crippen LogP contribution in [0.5, 0.6) is 0 Å². The molecule has 4 aromatic carbocycles. The minimum atomic E-state index is 0.411. The lowest BCUT2D eigenvalue weighted by molar-refractivity contribution is 0.669. The zero-order valence-electron chi connectivity index (χ0n) is 18.1. The minimum absolute atomic E-state index is 0.411. The Morgan fingerprint density at radius 1 is 0.647 bits per heavy atom. The lowest BCUT2D eigenvalue weighted by Crippen LogP contribution is -1.95. The average molecular weight is 435 g/mol. The van der Waals surface area contributed by atoms with Gasteiger partial charge in [0.05, 0.1) is 16.7 Å². The van der Waals surface area contributed by atoms with Crippen molar-refractivity contribution in [3.8, 4) is 23.0 Å². The van der Waals surface area contributed by atoms with Crippen LogP contribution in [0, 0.1) is 11.3 Å². The molecule has 0 aliphatic heterocycles. The number of hydrogen-bond donors (Lipinski definition) is 0. The molecule has 7 aromatic rings. The van der Waals surface area contributed by atoms with E-state index in [9.17, 15) is 5.26 Å². The van der Waals surface area contributed by atoms with Crippen molar-refractivity contribution in [3.63, 3.8) is 0 Å². The predicted octanol–water partition coefficient (Wildman–Crippen LogP) is 7.62. The summed E-state index contributed by atoms with van der Waals surface area (Å²) in [5.41, 5.74) is 7.24. The van der Waals surface area contributed by atoms with Gasteiger partial charge < -0.3 is 8.98 Å². The Labute approximate surface area is 194 Å². The third-order valence-corrected chi connectivity index (χ3v) is 6.43. The number of benzene rings is 4. The van der Waals surface area contributed by atoms with E-state index >= 15 is 0 Å².